The lowest BCUT2D eigenvalue weighted by atomic mass is 9.88. The normalized spacial score (nSPS) is 28.3. The lowest BCUT2D eigenvalue weighted by Gasteiger charge is -2.33. The second kappa shape index (κ2) is 5.41. The molecule has 0 spiro atoms. The lowest BCUT2D eigenvalue weighted by Crippen LogP contribution is -2.38. The van der Waals surface area contributed by atoms with Gasteiger partial charge in [-0.25, -0.2) is 4.39 Å². The zero-order valence-corrected chi connectivity index (χ0v) is 12.7. The van der Waals surface area contributed by atoms with E-state index in [1.54, 1.807) is 6.07 Å². The highest BCUT2D eigenvalue weighted by Crippen LogP contribution is 2.40. The van der Waals surface area contributed by atoms with Crippen LogP contribution in [0, 0.1) is 11.2 Å². The molecule has 114 valence electrons. The Kier molecular flexibility index (Phi) is 3.74. The van der Waals surface area contributed by atoms with Crippen molar-refractivity contribution in [2.24, 2.45) is 5.41 Å². The zero-order chi connectivity index (χ0) is 15.0. The average Bonchev–Trinajstić information content (AvgIpc) is 2.98. The number of hydrogen-bond acceptors (Lipinski definition) is 2. The van der Waals surface area contributed by atoms with E-state index in [1.165, 1.54) is 37.8 Å². The first-order valence-corrected chi connectivity index (χ1v) is 7.81. The van der Waals surface area contributed by atoms with Crippen molar-refractivity contribution in [3.8, 4) is 0 Å². The number of benzene rings is 1. The van der Waals surface area contributed by atoms with E-state index in [0.717, 1.165) is 12.1 Å². The molecule has 2 atom stereocenters. The van der Waals surface area contributed by atoms with Crippen LogP contribution in [0.15, 0.2) is 24.3 Å². The Morgan fingerprint density at radius 3 is 2.76 bits per heavy atom. The van der Waals surface area contributed by atoms with Crippen LogP contribution in [0.4, 0.5) is 4.39 Å². The van der Waals surface area contributed by atoms with Crippen molar-refractivity contribution in [1.29, 1.82) is 0 Å². The van der Waals surface area contributed by atoms with E-state index in [1.807, 2.05) is 17.9 Å². The number of amides is 1. The maximum absolute atomic E-state index is 13.5. The molecule has 1 heterocycles. The standard InChI is InChI=1S/C17H23FN2O/c1-12-16(21)20(11-17(2)8-3-4-9-17)15(19-12)13-6-5-7-14(18)10-13/h5-7,10,12,15,19H,3-4,8-9,11H2,1-2H3. The predicted molar refractivity (Wildman–Crippen MR) is 80.0 cm³/mol. The van der Waals surface area contributed by atoms with E-state index in [2.05, 4.69) is 12.2 Å². The smallest absolute Gasteiger partial charge is 0.241 e. The van der Waals surface area contributed by atoms with Gasteiger partial charge in [-0.15, -0.1) is 0 Å². The molecule has 21 heavy (non-hydrogen) atoms. The topological polar surface area (TPSA) is 32.3 Å². The Hall–Kier alpha value is -1.42. The molecular weight excluding hydrogens is 267 g/mol. The highest BCUT2D eigenvalue weighted by Gasteiger charge is 2.41. The van der Waals surface area contributed by atoms with Crippen LogP contribution in [0.5, 0.6) is 0 Å². The summed E-state index contributed by atoms with van der Waals surface area (Å²) in [6.45, 7) is 4.90. The van der Waals surface area contributed by atoms with E-state index < -0.39 is 0 Å². The minimum atomic E-state index is -0.256. The monoisotopic (exact) mass is 290 g/mol. The third kappa shape index (κ3) is 2.82. The first-order chi connectivity index (χ1) is 9.98. The van der Waals surface area contributed by atoms with Gasteiger partial charge in [0.15, 0.2) is 0 Å². The van der Waals surface area contributed by atoms with Crippen molar-refractivity contribution < 1.29 is 9.18 Å². The summed E-state index contributed by atoms with van der Waals surface area (Å²) in [6, 6.07) is 6.34. The van der Waals surface area contributed by atoms with Crippen LogP contribution in [0.2, 0.25) is 0 Å². The van der Waals surface area contributed by atoms with Crippen LogP contribution in [-0.2, 0) is 4.79 Å². The molecule has 2 unspecified atom stereocenters. The molecule has 1 saturated heterocycles. The van der Waals surface area contributed by atoms with Gasteiger partial charge in [0.2, 0.25) is 5.91 Å². The van der Waals surface area contributed by atoms with E-state index in [4.69, 9.17) is 0 Å². The molecule has 1 aromatic carbocycles. The first kappa shape index (κ1) is 14.5. The summed E-state index contributed by atoms with van der Waals surface area (Å²) < 4.78 is 13.5. The predicted octanol–water partition coefficient (Wildman–Crippen LogP) is 3.22. The van der Waals surface area contributed by atoms with Crippen molar-refractivity contribution in [2.45, 2.75) is 51.7 Å². The summed E-state index contributed by atoms with van der Waals surface area (Å²) >= 11 is 0. The minimum absolute atomic E-state index is 0.123. The fourth-order valence-electron chi connectivity index (χ4n) is 3.69. The maximum atomic E-state index is 13.5. The Bertz CT molecular complexity index is 539. The van der Waals surface area contributed by atoms with Crippen molar-refractivity contribution in [1.82, 2.24) is 10.2 Å². The zero-order valence-electron chi connectivity index (χ0n) is 12.7. The Labute approximate surface area is 125 Å². The summed E-state index contributed by atoms with van der Waals surface area (Å²) in [5, 5.41) is 3.30. The number of carbonyl (C=O) groups excluding carboxylic acids is 1. The second-order valence-corrected chi connectivity index (χ2v) is 6.83. The summed E-state index contributed by atoms with van der Waals surface area (Å²) in [5.41, 5.74) is 1.03. The molecule has 2 aliphatic rings. The molecule has 0 radical (unpaired) electrons. The van der Waals surface area contributed by atoms with Crippen molar-refractivity contribution in [2.75, 3.05) is 6.54 Å². The molecule has 1 saturated carbocycles. The third-order valence-corrected chi connectivity index (χ3v) is 4.90. The van der Waals surface area contributed by atoms with Gasteiger partial charge < -0.3 is 4.90 Å². The minimum Gasteiger partial charge on any atom is -0.321 e. The Morgan fingerprint density at radius 2 is 2.10 bits per heavy atom. The van der Waals surface area contributed by atoms with Crippen LogP contribution in [0.3, 0.4) is 0 Å². The van der Waals surface area contributed by atoms with Crippen molar-refractivity contribution in [3.63, 3.8) is 0 Å². The van der Waals surface area contributed by atoms with Gasteiger partial charge in [0.25, 0.3) is 0 Å². The summed E-state index contributed by atoms with van der Waals surface area (Å²) in [7, 11) is 0. The molecule has 1 aromatic rings. The Balaban J connectivity index is 1.86. The second-order valence-electron chi connectivity index (χ2n) is 6.83. The van der Waals surface area contributed by atoms with Crippen LogP contribution < -0.4 is 5.32 Å². The van der Waals surface area contributed by atoms with Gasteiger partial charge in [0, 0.05) is 6.54 Å². The lowest BCUT2D eigenvalue weighted by molar-refractivity contribution is -0.131. The van der Waals surface area contributed by atoms with E-state index >= 15 is 0 Å². The van der Waals surface area contributed by atoms with Crippen molar-refractivity contribution in [3.05, 3.63) is 35.6 Å². The molecule has 1 aliphatic heterocycles. The SMILES string of the molecule is CC1NC(c2cccc(F)c2)N(CC2(C)CCCC2)C1=O. The highest BCUT2D eigenvalue weighted by molar-refractivity contribution is 5.84. The molecule has 1 aliphatic carbocycles. The van der Waals surface area contributed by atoms with Gasteiger partial charge in [0.1, 0.15) is 12.0 Å². The number of nitrogens with one attached hydrogen (secondary N) is 1. The van der Waals surface area contributed by atoms with Crippen LogP contribution in [0.25, 0.3) is 0 Å². The Morgan fingerprint density at radius 1 is 1.38 bits per heavy atom. The number of halogens is 1. The van der Waals surface area contributed by atoms with E-state index in [-0.39, 0.29) is 29.3 Å². The highest BCUT2D eigenvalue weighted by atomic mass is 19.1. The van der Waals surface area contributed by atoms with Gasteiger partial charge >= 0.3 is 0 Å². The first-order valence-electron chi connectivity index (χ1n) is 7.81. The molecule has 1 amide bonds. The molecule has 0 aromatic heterocycles. The summed E-state index contributed by atoms with van der Waals surface area (Å²) in [5.74, 6) is -0.134. The van der Waals surface area contributed by atoms with Crippen LogP contribution >= 0.6 is 0 Å². The summed E-state index contributed by atoms with van der Waals surface area (Å²) in [6.07, 6.45) is 4.61. The quantitative estimate of drug-likeness (QED) is 0.927. The van der Waals surface area contributed by atoms with E-state index in [0.29, 0.717) is 0 Å². The molecule has 0 bridgehead atoms. The van der Waals surface area contributed by atoms with Gasteiger partial charge in [0.05, 0.1) is 6.04 Å². The molecule has 4 heteroatoms. The number of nitrogens with zero attached hydrogens (tertiary/aromatic N) is 1. The molecule has 2 fully saturated rings. The molecular formula is C17H23FN2O. The van der Waals surface area contributed by atoms with Gasteiger partial charge in [-0.1, -0.05) is 31.9 Å². The van der Waals surface area contributed by atoms with Gasteiger partial charge in [-0.05, 0) is 42.9 Å². The largest absolute Gasteiger partial charge is 0.321 e. The van der Waals surface area contributed by atoms with Crippen LogP contribution in [0.1, 0.15) is 51.3 Å². The number of rotatable bonds is 3. The number of carbonyl (C=O) groups is 1. The fourth-order valence-corrected chi connectivity index (χ4v) is 3.69. The molecule has 1 N–H and O–H groups in total. The van der Waals surface area contributed by atoms with Crippen molar-refractivity contribution >= 4 is 5.91 Å². The van der Waals surface area contributed by atoms with Gasteiger partial charge in [-0.3, -0.25) is 10.1 Å². The third-order valence-electron chi connectivity index (χ3n) is 4.90. The molecule has 3 nitrogen and oxygen atoms in total. The number of hydrogen-bond donors (Lipinski definition) is 1. The average molecular weight is 290 g/mol. The van der Waals surface area contributed by atoms with Gasteiger partial charge in [-0.2, -0.15) is 0 Å². The molecule has 3 rings (SSSR count). The maximum Gasteiger partial charge on any atom is 0.241 e. The fraction of sp³-hybridized carbons (Fsp3) is 0.588. The van der Waals surface area contributed by atoms with Crippen LogP contribution in [-0.4, -0.2) is 23.4 Å². The summed E-state index contributed by atoms with van der Waals surface area (Å²) in [4.78, 5) is 14.4. The van der Waals surface area contributed by atoms with E-state index in [9.17, 15) is 9.18 Å².